The average Bonchev–Trinajstić information content (AvgIpc) is 2.59. The molecule has 138 valence electrons. The number of rotatable bonds is 7. The number of carbonyl (C=O) groups is 2. The van der Waals surface area contributed by atoms with E-state index in [0.717, 1.165) is 24.3 Å². The number of amides is 2. The summed E-state index contributed by atoms with van der Waals surface area (Å²) in [7, 11) is 3.16. The van der Waals surface area contributed by atoms with Gasteiger partial charge in [0.1, 0.15) is 5.75 Å². The molecule has 1 aliphatic heterocycles. The number of likely N-dealkylation sites (tertiary alicyclic amines) is 1. The average molecular weight is 349 g/mol. The predicted molar refractivity (Wildman–Crippen MR) is 94.1 cm³/mol. The molecule has 1 saturated heterocycles. The van der Waals surface area contributed by atoms with Crippen LogP contribution in [0.1, 0.15) is 24.8 Å². The van der Waals surface area contributed by atoms with Crippen LogP contribution in [0.3, 0.4) is 0 Å². The lowest BCUT2D eigenvalue weighted by Gasteiger charge is -2.38. The van der Waals surface area contributed by atoms with E-state index >= 15 is 0 Å². The molecule has 7 heteroatoms. The summed E-state index contributed by atoms with van der Waals surface area (Å²) in [5.41, 5.74) is -0.103. The van der Waals surface area contributed by atoms with Crippen molar-refractivity contribution in [1.29, 1.82) is 0 Å². The van der Waals surface area contributed by atoms with E-state index in [2.05, 4.69) is 10.6 Å². The maximum atomic E-state index is 12.2. The third-order valence-corrected chi connectivity index (χ3v) is 4.39. The molecule has 0 bridgehead atoms. The van der Waals surface area contributed by atoms with Gasteiger partial charge in [-0.15, -0.1) is 0 Å². The van der Waals surface area contributed by atoms with Crippen molar-refractivity contribution >= 4 is 11.8 Å². The zero-order chi connectivity index (χ0) is 18.3. The van der Waals surface area contributed by atoms with Gasteiger partial charge in [-0.2, -0.15) is 0 Å². The molecular weight excluding hydrogens is 322 g/mol. The normalized spacial score (nSPS) is 20.8. The highest BCUT2D eigenvalue weighted by Crippen LogP contribution is 2.24. The number of β-amino-alcohol motifs (C(OH)–C–C–N with tert-alkyl or cyclic N) is 1. The molecule has 2 amide bonds. The van der Waals surface area contributed by atoms with E-state index in [1.165, 1.54) is 0 Å². The molecule has 0 spiro atoms. The number of nitrogens with zero attached hydrogens (tertiary/aromatic N) is 1. The van der Waals surface area contributed by atoms with E-state index in [9.17, 15) is 14.7 Å². The fourth-order valence-corrected chi connectivity index (χ4v) is 3.11. The lowest BCUT2D eigenvalue weighted by atomic mass is 9.89. The first kappa shape index (κ1) is 19.2. The minimum Gasteiger partial charge on any atom is -0.497 e. The Kier molecular flexibility index (Phi) is 6.78. The minimum atomic E-state index is -1.06. The summed E-state index contributed by atoms with van der Waals surface area (Å²) in [5, 5.41) is 16.0. The Bertz CT molecular complexity index is 608. The van der Waals surface area contributed by atoms with Crippen molar-refractivity contribution in [3.05, 3.63) is 29.8 Å². The van der Waals surface area contributed by atoms with Gasteiger partial charge in [-0.1, -0.05) is 12.1 Å². The van der Waals surface area contributed by atoms with Gasteiger partial charge in [0, 0.05) is 20.1 Å². The molecule has 3 N–H and O–H groups in total. The van der Waals surface area contributed by atoms with E-state index < -0.39 is 5.60 Å². The zero-order valence-electron chi connectivity index (χ0n) is 14.9. The summed E-state index contributed by atoms with van der Waals surface area (Å²) in [4.78, 5) is 25.6. The number of piperidine rings is 1. The number of benzene rings is 1. The molecule has 25 heavy (non-hydrogen) atoms. The SMILES string of the molecule is CNC(=O)CC1(O)CCCN(CC(=O)NCc2cccc(OC)c2)C1. The molecule has 0 aliphatic carbocycles. The Labute approximate surface area is 148 Å². The maximum Gasteiger partial charge on any atom is 0.234 e. The van der Waals surface area contributed by atoms with Crippen LogP contribution in [-0.2, 0) is 16.1 Å². The first-order chi connectivity index (χ1) is 11.9. The van der Waals surface area contributed by atoms with E-state index in [1.807, 2.05) is 29.2 Å². The lowest BCUT2D eigenvalue weighted by Crippen LogP contribution is -2.52. The quantitative estimate of drug-likeness (QED) is 0.658. The molecule has 1 aliphatic rings. The molecular formula is C18H27N3O4. The van der Waals surface area contributed by atoms with Crippen molar-refractivity contribution in [1.82, 2.24) is 15.5 Å². The van der Waals surface area contributed by atoms with Crippen LogP contribution in [0, 0.1) is 0 Å². The number of carbonyl (C=O) groups excluding carboxylic acids is 2. The van der Waals surface area contributed by atoms with Crippen LogP contribution in [0.15, 0.2) is 24.3 Å². The largest absolute Gasteiger partial charge is 0.497 e. The third-order valence-electron chi connectivity index (χ3n) is 4.39. The predicted octanol–water partition coefficient (Wildman–Crippen LogP) is 0.274. The van der Waals surface area contributed by atoms with Gasteiger partial charge in [0.05, 0.1) is 25.7 Å². The molecule has 1 heterocycles. The standard InChI is InChI=1S/C18H27N3O4/c1-19-16(22)10-18(24)7-4-8-21(13-18)12-17(23)20-11-14-5-3-6-15(9-14)25-2/h3,5-6,9,24H,4,7-8,10-13H2,1-2H3,(H,19,22)(H,20,23). The Morgan fingerprint density at radius 3 is 2.88 bits per heavy atom. The van der Waals surface area contributed by atoms with Crippen molar-refractivity contribution < 1.29 is 19.4 Å². The van der Waals surface area contributed by atoms with Gasteiger partial charge in [0.2, 0.25) is 11.8 Å². The monoisotopic (exact) mass is 349 g/mol. The van der Waals surface area contributed by atoms with Gasteiger partial charge >= 0.3 is 0 Å². The highest BCUT2D eigenvalue weighted by Gasteiger charge is 2.35. The number of methoxy groups -OCH3 is 1. The fourth-order valence-electron chi connectivity index (χ4n) is 3.11. The second-order valence-electron chi connectivity index (χ2n) is 6.52. The maximum absolute atomic E-state index is 12.2. The van der Waals surface area contributed by atoms with Crippen LogP contribution in [-0.4, -0.2) is 61.2 Å². The van der Waals surface area contributed by atoms with Crippen molar-refractivity contribution in [2.75, 3.05) is 33.8 Å². The first-order valence-corrected chi connectivity index (χ1v) is 8.49. The number of hydrogen-bond donors (Lipinski definition) is 3. The number of hydrogen-bond acceptors (Lipinski definition) is 5. The highest BCUT2D eigenvalue weighted by atomic mass is 16.5. The highest BCUT2D eigenvalue weighted by molar-refractivity contribution is 5.78. The van der Waals surface area contributed by atoms with Gasteiger partial charge in [-0.3, -0.25) is 14.5 Å². The third kappa shape index (κ3) is 6.03. The van der Waals surface area contributed by atoms with Crippen LogP contribution in [0.4, 0.5) is 0 Å². The van der Waals surface area contributed by atoms with Crippen LogP contribution in [0.2, 0.25) is 0 Å². The molecule has 1 unspecified atom stereocenters. The Morgan fingerprint density at radius 2 is 2.16 bits per heavy atom. The fraction of sp³-hybridized carbons (Fsp3) is 0.556. The number of aliphatic hydroxyl groups is 1. The molecule has 2 rings (SSSR count). The van der Waals surface area contributed by atoms with Gasteiger partial charge < -0.3 is 20.5 Å². The molecule has 1 fully saturated rings. The summed E-state index contributed by atoms with van der Waals surface area (Å²) in [6.45, 7) is 1.70. The minimum absolute atomic E-state index is 0.0609. The zero-order valence-corrected chi connectivity index (χ0v) is 14.9. The summed E-state index contributed by atoms with van der Waals surface area (Å²) in [5.74, 6) is 0.459. The van der Waals surface area contributed by atoms with Crippen molar-refractivity contribution in [3.8, 4) is 5.75 Å². The number of ether oxygens (including phenoxy) is 1. The van der Waals surface area contributed by atoms with E-state index in [-0.39, 0.29) is 24.8 Å². The number of nitrogens with one attached hydrogen (secondary N) is 2. The van der Waals surface area contributed by atoms with E-state index in [1.54, 1.807) is 14.2 Å². The summed E-state index contributed by atoms with van der Waals surface area (Å²) < 4.78 is 5.17. The molecule has 1 aromatic carbocycles. The molecule has 0 radical (unpaired) electrons. The second kappa shape index (κ2) is 8.82. The van der Waals surface area contributed by atoms with Gasteiger partial charge in [0.15, 0.2) is 0 Å². The van der Waals surface area contributed by atoms with Gasteiger partial charge in [-0.05, 0) is 37.1 Å². The smallest absolute Gasteiger partial charge is 0.234 e. The molecule has 0 aromatic heterocycles. The summed E-state index contributed by atoms with van der Waals surface area (Å²) in [6.07, 6.45) is 1.39. The van der Waals surface area contributed by atoms with Crippen LogP contribution in [0.5, 0.6) is 5.75 Å². The van der Waals surface area contributed by atoms with Crippen molar-refractivity contribution in [2.45, 2.75) is 31.4 Å². The Balaban J connectivity index is 1.82. The molecule has 1 aromatic rings. The lowest BCUT2D eigenvalue weighted by molar-refractivity contribution is -0.129. The molecule has 0 saturated carbocycles. The van der Waals surface area contributed by atoms with Gasteiger partial charge in [0.25, 0.3) is 0 Å². The van der Waals surface area contributed by atoms with E-state index in [0.29, 0.717) is 19.5 Å². The van der Waals surface area contributed by atoms with Gasteiger partial charge in [-0.25, -0.2) is 0 Å². The Hall–Kier alpha value is -2.12. The van der Waals surface area contributed by atoms with E-state index in [4.69, 9.17) is 4.74 Å². The summed E-state index contributed by atoms with van der Waals surface area (Å²) >= 11 is 0. The first-order valence-electron chi connectivity index (χ1n) is 8.49. The van der Waals surface area contributed by atoms with Crippen molar-refractivity contribution in [3.63, 3.8) is 0 Å². The summed E-state index contributed by atoms with van der Waals surface area (Å²) in [6, 6.07) is 7.53. The van der Waals surface area contributed by atoms with Crippen LogP contribution in [0.25, 0.3) is 0 Å². The van der Waals surface area contributed by atoms with Crippen LogP contribution >= 0.6 is 0 Å². The topological polar surface area (TPSA) is 90.9 Å². The molecule has 7 nitrogen and oxygen atoms in total. The second-order valence-corrected chi connectivity index (χ2v) is 6.52. The van der Waals surface area contributed by atoms with Crippen molar-refractivity contribution in [2.24, 2.45) is 0 Å². The van der Waals surface area contributed by atoms with Crippen LogP contribution < -0.4 is 15.4 Å². The molecule has 1 atom stereocenters. The Morgan fingerprint density at radius 1 is 1.36 bits per heavy atom.